The summed E-state index contributed by atoms with van der Waals surface area (Å²) in [7, 11) is 0. The van der Waals surface area contributed by atoms with Crippen molar-refractivity contribution < 1.29 is 0 Å². The molecule has 2 N–H and O–H groups in total. The summed E-state index contributed by atoms with van der Waals surface area (Å²) in [5.74, 6) is 0. The fourth-order valence-corrected chi connectivity index (χ4v) is 6.09. The Hall–Kier alpha value is -4.24. The summed E-state index contributed by atoms with van der Waals surface area (Å²) in [6, 6.07) is 36.5. The number of rotatable bonds is 7. The topological polar surface area (TPSA) is 34.2 Å². The maximum Gasteiger partial charge on any atom is 0.0695 e. The highest BCUT2D eigenvalue weighted by atomic mass is 15.1. The molecule has 1 aliphatic rings. The zero-order chi connectivity index (χ0) is 29.9. The number of para-hydroxylation sites is 3. The third kappa shape index (κ3) is 5.25. The Balaban J connectivity index is 0.000000830. The van der Waals surface area contributed by atoms with Gasteiger partial charge in [-0.2, -0.15) is 0 Å². The fourth-order valence-electron chi connectivity index (χ4n) is 6.09. The molecule has 0 spiro atoms. The van der Waals surface area contributed by atoms with Gasteiger partial charge in [0.25, 0.3) is 0 Å². The van der Waals surface area contributed by atoms with Crippen LogP contribution >= 0.6 is 0 Å². The predicted octanol–water partition coefficient (Wildman–Crippen LogP) is 11.2. The second kappa shape index (κ2) is 11.9. The number of benzene rings is 4. The van der Waals surface area contributed by atoms with Crippen molar-refractivity contribution in [3.05, 3.63) is 120 Å². The summed E-state index contributed by atoms with van der Waals surface area (Å²) in [6.45, 7) is 13.6. The molecule has 3 nitrogen and oxygen atoms in total. The van der Waals surface area contributed by atoms with E-state index in [4.69, 9.17) is 5.73 Å². The van der Waals surface area contributed by atoms with E-state index in [9.17, 15) is 0 Å². The maximum atomic E-state index is 7.04. The molecular formula is C39H45N3. The highest BCUT2D eigenvalue weighted by Gasteiger charge is 2.59. The molecular weight excluding hydrogens is 510 g/mol. The molecule has 1 saturated carbocycles. The number of nitrogens with zero attached hydrogens (tertiary/aromatic N) is 2. The van der Waals surface area contributed by atoms with Gasteiger partial charge in [0, 0.05) is 28.1 Å². The summed E-state index contributed by atoms with van der Waals surface area (Å²) in [6.07, 6.45) is 7.98. The Morgan fingerprint density at radius 1 is 0.762 bits per heavy atom. The van der Waals surface area contributed by atoms with Gasteiger partial charge in [-0.1, -0.05) is 108 Å². The Morgan fingerprint density at radius 2 is 1.26 bits per heavy atom. The van der Waals surface area contributed by atoms with E-state index in [1.165, 1.54) is 23.8 Å². The first kappa shape index (κ1) is 29.3. The minimum absolute atomic E-state index is 0.0322. The minimum Gasteiger partial charge on any atom is -0.396 e. The summed E-state index contributed by atoms with van der Waals surface area (Å²) < 4.78 is 2.32. The lowest BCUT2D eigenvalue weighted by Gasteiger charge is -2.28. The summed E-state index contributed by atoms with van der Waals surface area (Å²) >= 11 is 0. The molecule has 1 aliphatic carbocycles. The van der Waals surface area contributed by atoms with E-state index in [0.717, 1.165) is 46.1 Å². The van der Waals surface area contributed by atoms with Gasteiger partial charge in [-0.25, -0.2) is 0 Å². The number of fused-ring (bicyclic) bond motifs is 1. The summed E-state index contributed by atoms with van der Waals surface area (Å²) in [5.41, 5.74) is 16.1. The van der Waals surface area contributed by atoms with E-state index in [2.05, 4.69) is 166 Å². The van der Waals surface area contributed by atoms with Gasteiger partial charge < -0.3 is 15.2 Å². The van der Waals surface area contributed by atoms with Crippen LogP contribution < -0.4 is 10.6 Å². The van der Waals surface area contributed by atoms with Crippen molar-refractivity contribution in [2.75, 3.05) is 10.6 Å². The lowest BCUT2D eigenvalue weighted by Crippen LogP contribution is -2.14. The highest BCUT2D eigenvalue weighted by Crippen LogP contribution is 2.66. The van der Waals surface area contributed by atoms with Gasteiger partial charge in [-0.3, -0.25) is 0 Å². The molecule has 1 atom stereocenters. The number of hydrogen-bond acceptors (Lipinski definition) is 2. The van der Waals surface area contributed by atoms with E-state index in [1.54, 1.807) is 0 Å². The Kier molecular flexibility index (Phi) is 8.31. The maximum absolute atomic E-state index is 7.04. The summed E-state index contributed by atoms with van der Waals surface area (Å²) in [4.78, 5) is 2.36. The smallest absolute Gasteiger partial charge is 0.0695 e. The first-order valence-corrected chi connectivity index (χ1v) is 15.3. The molecule has 1 unspecified atom stereocenters. The van der Waals surface area contributed by atoms with Gasteiger partial charge in [-0.05, 0) is 84.3 Å². The molecule has 0 bridgehead atoms. The molecule has 3 heteroatoms. The van der Waals surface area contributed by atoms with Crippen LogP contribution in [-0.2, 0) is 5.41 Å². The number of anilines is 4. The molecule has 0 amide bonds. The van der Waals surface area contributed by atoms with Crippen molar-refractivity contribution in [1.82, 2.24) is 4.57 Å². The van der Waals surface area contributed by atoms with Crippen LogP contribution in [0.2, 0.25) is 0 Å². The van der Waals surface area contributed by atoms with E-state index in [-0.39, 0.29) is 10.8 Å². The molecule has 0 radical (unpaired) electrons. The van der Waals surface area contributed by atoms with Crippen LogP contribution in [0.4, 0.5) is 22.7 Å². The van der Waals surface area contributed by atoms with Crippen LogP contribution in [0.15, 0.2) is 109 Å². The van der Waals surface area contributed by atoms with Crippen molar-refractivity contribution in [1.29, 1.82) is 0 Å². The van der Waals surface area contributed by atoms with Gasteiger partial charge in [-0.15, -0.1) is 0 Å². The predicted molar refractivity (Wildman–Crippen MR) is 183 cm³/mol. The molecule has 0 saturated heterocycles. The van der Waals surface area contributed by atoms with Crippen molar-refractivity contribution in [3.8, 4) is 5.69 Å². The van der Waals surface area contributed by atoms with Gasteiger partial charge in [0.05, 0.1) is 16.9 Å². The normalized spacial score (nSPS) is 17.2. The van der Waals surface area contributed by atoms with Crippen LogP contribution in [0.25, 0.3) is 22.7 Å². The van der Waals surface area contributed by atoms with Gasteiger partial charge in [0.15, 0.2) is 0 Å². The second-order valence-corrected chi connectivity index (χ2v) is 12.3. The Bertz CT molecular complexity index is 1620. The fraction of sp³-hybridized carbons (Fsp3) is 0.282. The van der Waals surface area contributed by atoms with Gasteiger partial charge >= 0.3 is 0 Å². The number of nitrogens with two attached hydrogens (primary N) is 1. The SMILES string of the molecule is C/C=C\c1c(N)c2c(C3(C)CC3(C)C)cc(N(c3ccccc3)c3ccccc3)cc2n1-c1ccccc1.CCCC. The molecule has 42 heavy (non-hydrogen) atoms. The third-order valence-electron chi connectivity index (χ3n) is 9.01. The monoisotopic (exact) mass is 555 g/mol. The molecule has 1 aromatic heterocycles. The van der Waals surface area contributed by atoms with Crippen LogP contribution in [0.3, 0.4) is 0 Å². The molecule has 0 aliphatic heterocycles. The van der Waals surface area contributed by atoms with E-state index < -0.39 is 0 Å². The Labute approximate surface area is 252 Å². The average molecular weight is 556 g/mol. The third-order valence-corrected chi connectivity index (χ3v) is 9.01. The van der Waals surface area contributed by atoms with E-state index in [0.29, 0.717) is 0 Å². The quantitative estimate of drug-likeness (QED) is 0.217. The molecule has 1 fully saturated rings. The Morgan fingerprint density at radius 3 is 1.71 bits per heavy atom. The van der Waals surface area contributed by atoms with E-state index in [1.807, 2.05) is 0 Å². The molecule has 216 valence electrons. The number of unbranched alkanes of at least 4 members (excludes halogenated alkanes) is 1. The van der Waals surface area contributed by atoms with Crippen LogP contribution in [0.1, 0.15) is 72.1 Å². The van der Waals surface area contributed by atoms with Gasteiger partial charge in [0.1, 0.15) is 0 Å². The molecule has 5 aromatic rings. The van der Waals surface area contributed by atoms with Crippen molar-refractivity contribution >= 4 is 39.7 Å². The van der Waals surface area contributed by atoms with Crippen molar-refractivity contribution in [3.63, 3.8) is 0 Å². The lowest BCUT2D eigenvalue weighted by atomic mass is 9.86. The molecule has 1 heterocycles. The highest BCUT2D eigenvalue weighted by molar-refractivity contribution is 6.04. The zero-order valence-electron chi connectivity index (χ0n) is 26.1. The largest absolute Gasteiger partial charge is 0.396 e. The summed E-state index contributed by atoms with van der Waals surface area (Å²) in [5, 5.41) is 1.17. The van der Waals surface area contributed by atoms with Crippen molar-refractivity contribution in [2.45, 2.75) is 66.2 Å². The van der Waals surface area contributed by atoms with Gasteiger partial charge in [0.2, 0.25) is 0 Å². The number of aromatic nitrogens is 1. The van der Waals surface area contributed by atoms with Crippen LogP contribution in [-0.4, -0.2) is 4.57 Å². The molecule has 4 aromatic carbocycles. The average Bonchev–Trinajstić information content (AvgIpc) is 3.42. The van der Waals surface area contributed by atoms with Crippen molar-refractivity contribution in [2.24, 2.45) is 5.41 Å². The zero-order valence-corrected chi connectivity index (χ0v) is 26.1. The first-order chi connectivity index (χ1) is 20.3. The lowest BCUT2D eigenvalue weighted by molar-refractivity contribution is 0.531. The second-order valence-electron chi connectivity index (χ2n) is 12.3. The minimum atomic E-state index is 0.0322. The van der Waals surface area contributed by atoms with E-state index >= 15 is 0 Å². The number of nitrogen functional groups attached to an aromatic ring is 1. The van der Waals surface area contributed by atoms with Crippen LogP contribution in [0.5, 0.6) is 0 Å². The number of allylic oxidation sites excluding steroid dienone is 1. The first-order valence-electron chi connectivity index (χ1n) is 15.3. The van der Waals surface area contributed by atoms with Crippen LogP contribution in [0, 0.1) is 5.41 Å². The standard InChI is InChI=1S/C35H35N3.C4H10/c1-5-15-30-33(36)32-29(35(4)24-34(35,2)3)22-28(23-31(32)38(30)27-20-13-8-14-21-27)37(25-16-9-6-10-17-25)26-18-11-7-12-19-26;1-3-4-2/h5-23H,24,36H2,1-4H3;3-4H2,1-2H3/b15-5-;. The molecule has 6 rings (SSSR count). The number of hydrogen-bond donors (Lipinski definition) is 1.